The van der Waals surface area contributed by atoms with Gasteiger partial charge in [-0.2, -0.15) is 0 Å². The lowest BCUT2D eigenvalue weighted by molar-refractivity contribution is -0.118. The van der Waals surface area contributed by atoms with Crippen LogP contribution in [0.2, 0.25) is 0 Å². The Morgan fingerprint density at radius 2 is 1.95 bits per heavy atom. The van der Waals surface area contributed by atoms with Gasteiger partial charge in [0, 0.05) is 5.69 Å². The topological polar surface area (TPSA) is 84.6 Å². The second-order valence-electron chi connectivity index (χ2n) is 4.42. The molecule has 0 saturated heterocycles. The number of nitrogens with two attached hydrogens (primary N) is 1. The first kappa shape index (κ1) is 14.6. The van der Waals surface area contributed by atoms with E-state index in [0.29, 0.717) is 11.3 Å². The molecule has 0 saturated carbocycles. The highest BCUT2D eigenvalue weighted by Crippen LogP contribution is 2.30. The van der Waals surface area contributed by atoms with Gasteiger partial charge in [-0.15, -0.1) is 0 Å². The van der Waals surface area contributed by atoms with Crippen molar-refractivity contribution >= 4 is 11.6 Å². The van der Waals surface area contributed by atoms with Crippen LogP contribution in [0, 0.1) is 5.82 Å². The van der Waals surface area contributed by atoms with Gasteiger partial charge in [0.1, 0.15) is 11.9 Å². The fourth-order valence-corrected chi connectivity index (χ4v) is 1.91. The van der Waals surface area contributed by atoms with Crippen molar-refractivity contribution in [1.29, 1.82) is 0 Å². The number of rotatable bonds is 5. The van der Waals surface area contributed by atoms with Crippen molar-refractivity contribution < 1.29 is 19.0 Å². The van der Waals surface area contributed by atoms with E-state index in [4.69, 9.17) is 10.5 Å². The molecule has 0 aliphatic rings. The summed E-state index contributed by atoms with van der Waals surface area (Å²) in [7, 11) is 1.41. The van der Waals surface area contributed by atoms with Crippen LogP contribution < -0.4 is 15.8 Å². The molecule has 0 aromatic heterocycles. The van der Waals surface area contributed by atoms with Crippen molar-refractivity contribution in [3.63, 3.8) is 0 Å². The number of ether oxygens (including phenoxy) is 1. The molecule has 110 valence electrons. The fraction of sp³-hybridized carbons (Fsp3) is 0.133. The molecular weight excluding hydrogens is 275 g/mol. The SMILES string of the molecule is COc1cc(C(Nc2ccc(F)cc2)C(N)=O)ccc1O. The molecule has 6 heteroatoms. The number of hydrogen-bond acceptors (Lipinski definition) is 4. The zero-order chi connectivity index (χ0) is 15.4. The van der Waals surface area contributed by atoms with E-state index in [9.17, 15) is 14.3 Å². The van der Waals surface area contributed by atoms with Crippen LogP contribution in [0.1, 0.15) is 11.6 Å². The number of carbonyl (C=O) groups excluding carboxylic acids is 1. The average Bonchev–Trinajstić information content (AvgIpc) is 2.47. The van der Waals surface area contributed by atoms with Gasteiger partial charge in [-0.05, 0) is 42.0 Å². The van der Waals surface area contributed by atoms with Crippen molar-refractivity contribution in [1.82, 2.24) is 0 Å². The lowest BCUT2D eigenvalue weighted by Gasteiger charge is -2.18. The molecule has 0 aliphatic heterocycles. The van der Waals surface area contributed by atoms with Crippen LogP contribution >= 0.6 is 0 Å². The van der Waals surface area contributed by atoms with E-state index in [1.165, 1.54) is 43.5 Å². The predicted octanol–water partition coefficient (Wildman–Crippen LogP) is 2.18. The smallest absolute Gasteiger partial charge is 0.244 e. The van der Waals surface area contributed by atoms with Gasteiger partial charge in [-0.25, -0.2) is 4.39 Å². The summed E-state index contributed by atoms with van der Waals surface area (Å²) >= 11 is 0. The summed E-state index contributed by atoms with van der Waals surface area (Å²) in [5.74, 6) is -0.777. The number of aromatic hydroxyl groups is 1. The molecule has 0 radical (unpaired) electrons. The first-order valence-electron chi connectivity index (χ1n) is 6.19. The van der Waals surface area contributed by atoms with E-state index in [0.717, 1.165) is 0 Å². The van der Waals surface area contributed by atoms with Crippen molar-refractivity contribution in [3.05, 3.63) is 53.8 Å². The summed E-state index contributed by atoms with van der Waals surface area (Å²) in [6.07, 6.45) is 0. The number of halogens is 1. The molecule has 2 aromatic carbocycles. The molecule has 0 heterocycles. The van der Waals surface area contributed by atoms with E-state index in [1.54, 1.807) is 6.07 Å². The summed E-state index contributed by atoms with van der Waals surface area (Å²) < 4.78 is 17.9. The molecule has 1 amide bonds. The first-order chi connectivity index (χ1) is 10.0. The van der Waals surface area contributed by atoms with Crippen molar-refractivity contribution in [2.75, 3.05) is 12.4 Å². The summed E-state index contributed by atoms with van der Waals surface area (Å²) in [5.41, 5.74) is 6.47. The number of phenols is 1. The third kappa shape index (κ3) is 3.42. The van der Waals surface area contributed by atoms with E-state index >= 15 is 0 Å². The maximum atomic E-state index is 12.9. The Balaban J connectivity index is 2.30. The van der Waals surface area contributed by atoms with Crippen LogP contribution in [0.25, 0.3) is 0 Å². The monoisotopic (exact) mass is 290 g/mol. The van der Waals surface area contributed by atoms with E-state index in [2.05, 4.69) is 5.32 Å². The maximum absolute atomic E-state index is 12.9. The van der Waals surface area contributed by atoms with Crippen molar-refractivity contribution in [2.24, 2.45) is 5.73 Å². The molecule has 0 aliphatic carbocycles. The minimum atomic E-state index is -0.829. The Labute approximate surface area is 121 Å². The lowest BCUT2D eigenvalue weighted by Crippen LogP contribution is -2.27. The zero-order valence-corrected chi connectivity index (χ0v) is 11.3. The van der Waals surface area contributed by atoms with Crippen LogP contribution in [0.4, 0.5) is 10.1 Å². The minimum absolute atomic E-state index is 0.0359. The highest BCUT2D eigenvalue weighted by molar-refractivity contribution is 5.84. The van der Waals surface area contributed by atoms with E-state index < -0.39 is 11.9 Å². The molecule has 2 aromatic rings. The molecule has 5 nitrogen and oxygen atoms in total. The largest absolute Gasteiger partial charge is 0.504 e. The van der Waals surface area contributed by atoms with Gasteiger partial charge in [-0.3, -0.25) is 4.79 Å². The summed E-state index contributed by atoms with van der Waals surface area (Å²) in [4.78, 5) is 11.6. The molecule has 0 spiro atoms. The van der Waals surface area contributed by atoms with Gasteiger partial charge in [0.2, 0.25) is 5.91 Å². The molecule has 21 heavy (non-hydrogen) atoms. The quantitative estimate of drug-likeness (QED) is 0.788. The van der Waals surface area contributed by atoms with E-state index in [-0.39, 0.29) is 17.3 Å². The molecule has 0 bridgehead atoms. The highest BCUT2D eigenvalue weighted by atomic mass is 19.1. The van der Waals surface area contributed by atoms with Gasteiger partial charge in [0.05, 0.1) is 7.11 Å². The number of benzene rings is 2. The molecule has 2 rings (SSSR count). The van der Waals surface area contributed by atoms with Gasteiger partial charge in [-0.1, -0.05) is 6.07 Å². The van der Waals surface area contributed by atoms with Crippen molar-refractivity contribution in [3.8, 4) is 11.5 Å². The lowest BCUT2D eigenvalue weighted by atomic mass is 10.0. The molecule has 1 unspecified atom stereocenters. The average molecular weight is 290 g/mol. The van der Waals surface area contributed by atoms with Crippen LogP contribution in [-0.2, 0) is 4.79 Å². The number of methoxy groups -OCH3 is 1. The zero-order valence-electron chi connectivity index (χ0n) is 11.3. The predicted molar refractivity (Wildman–Crippen MR) is 76.6 cm³/mol. The third-order valence-corrected chi connectivity index (χ3v) is 2.98. The summed E-state index contributed by atoms with van der Waals surface area (Å²) in [5, 5.41) is 12.5. The standard InChI is InChI=1S/C15H15FN2O3/c1-21-13-8-9(2-7-12(13)19)14(15(17)20)18-11-5-3-10(16)4-6-11/h2-8,14,18-19H,1H3,(H2,17,20). The second kappa shape index (κ2) is 6.13. The van der Waals surface area contributed by atoms with Crippen LogP contribution in [0.3, 0.4) is 0 Å². The first-order valence-corrected chi connectivity index (χ1v) is 6.19. The van der Waals surface area contributed by atoms with Gasteiger partial charge in [0.25, 0.3) is 0 Å². The number of phenolic OH excluding ortho intramolecular Hbond substituents is 1. The number of anilines is 1. The summed E-state index contributed by atoms with van der Waals surface area (Å²) in [6.45, 7) is 0. The molecule has 1 atom stereocenters. The van der Waals surface area contributed by atoms with Gasteiger partial charge < -0.3 is 20.9 Å². The van der Waals surface area contributed by atoms with Crippen molar-refractivity contribution in [2.45, 2.75) is 6.04 Å². The highest BCUT2D eigenvalue weighted by Gasteiger charge is 2.19. The number of primary amides is 1. The van der Waals surface area contributed by atoms with Crippen LogP contribution in [0.15, 0.2) is 42.5 Å². The number of hydrogen-bond donors (Lipinski definition) is 3. The third-order valence-electron chi connectivity index (χ3n) is 2.98. The minimum Gasteiger partial charge on any atom is -0.504 e. The Kier molecular flexibility index (Phi) is 4.27. The maximum Gasteiger partial charge on any atom is 0.244 e. The van der Waals surface area contributed by atoms with Crippen LogP contribution in [-0.4, -0.2) is 18.1 Å². The Bertz CT molecular complexity index is 644. The molecule has 4 N–H and O–H groups in total. The normalized spacial score (nSPS) is 11.7. The van der Waals surface area contributed by atoms with Crippen LogP contribution in [0.5, 0.6) is 11.5 Å². The molecule has 0 fully saturated rings. The molecular formula is C15H15FN2O3. The Hall–Kier alpha value is -2.76. The number of carbonyl (C=O) groups is 1. The number of amides is 1. The number of nitrogens with one attached hydrogen (secondary N) is 1. The fourth-order valence-electron chi connectivity index (χ4n) is 1.91. The second-order valence-corrected chi connectivity index (χ2v) is 4.42. The Morgan fingerprint density at radius 1 is 1.29 bits per heavy atom. The van der Waals surface area contributed by atoms with Gasteiger partial charge in [0.15, 0.2) is 11.5 Å². The summed E-state index contributed by atoms with van der Waals surface area (Å²) in [6, 6.07) is 9.22. The van der Waals surface area contributed by atoms with Gasteiger partial charge >= 0.3 is 0 Å². The van der Waals surface area contributed by atoms with E-state index in [1.807, 2.05) is 0 Å². The Morgan fingerprint density at radius 3 is 2.52 bits per heavy atom.